The molecule has 2 saturated heterocycles. The minimum atomic E-state index is -0.601. The van der Waals surface area contributed by atoms with Gasteiger partial charge in [-0.05, 0) is 55.6 Å². The third-order valence-corrected chi connectivity index (χ3v) is 7.12. The van der Waals surface area contributed by atoms with Crippen LogP contribution in [-0.2, 0) is 22.4 Å². The molecule has 2 aliphatic heterocycles. The van der Waals surface area contributed by atoms with Gasteiger partial charge in [-0.3, -0.25) is 9.59 Å². The van der Waals surface area contributed by atoms with E-state index in [9.17, 15) is 14.9 Å². The summed E-state index contributed by atoms with van der Waals surface area (Å²) in [5.41, 5.74) is 2.83. The number of hydrogen-bond acceptors (Lipinski definition) is 5. The van der Waals surface area contributed by atoms with E-state index in [4.69, 9.17) is 12.2 Å². The van der Waals surface area contributed by atoms with Gasteiger partial charge in [0.05, 0.1) is 12.0 Å². The number of fused-ring (bicyclic) bond motifs is 1. The fourth-order valence-corrected chi connectivity index (χ4v) is 5.44. The SMILES string of the molecule is N#C[C@@H]1CCCN1C(=O)[C@H]1NCC(=S)C1C(=O)CC[C@H]1CCc2ccccc2C1. The fourth-order valence-electron chi connectivity index (χ4n) is 5.08. The Morgan fingerprint density at radius 2 is 2.03 bits per heavy atom. The van der Waals surface area contributed by atoms with Crippen LogP contribution < -0.4 is 5.32 Å². The lowest BCUT2D eigenvalue weighted by molar-refractivity contribution is -0.136. The van der Waals surface area contributed by atoms with Crippen LogP contribution in [-0.4, -0.2) is 46.6 Å². The van der Waals surface area contributed by atoms with E-state index in [2.05, 4.69) is 35.7 Å². The summed E-state index contributed by atoms with van der Waals surface area (Å²) < 4.78 is 0. The van der Waals surface area contributed by atoms with Gasteiger partial charge >= 0.3 is 0 Å². The number of nitriles is 1. The summed E-state index contributed by atoms with van der Waals surface area (Å²) in [4.78, 5) is 28.3. The summed E-state index contributed by atoms with van der Waals surface area (Å²) in [5, 5.41) is 12.4. The quantitative estimate of drug-likeness (QED) is 0.757. The molecular weight excluding hydrogens is 382 g/mol. The minimum Gasteiger partial charge on any atom is -0.325 e. The monoisotopic (exact) mass is 409 g/mol. The molecule has 2 heterocycles. The van der Waals surface area contributed by atoms with E-state index >= 15 is 0 Å². The number of rotatable bonds is 5. The Kier molecular flexibility index (Phi) is 6.07. The van der Waals surface area contributed by atoms with Crippen LogP contribution in [0, 0.1) is 23.2 Å². The number of carbonyl (C=O) groups is 2. The molecule has 1 aliphatic carbocycles. The zero-order chi connectivity index (χ0) is 20.4. The molecule has 0 saturated carbocycles. The molecule has 1 unspecified atom stereocenters. The first-order valence-electron chi connectivity index (χ1n) is 10.6. The fraction of sp³-hybridized carbons (Fsp3) is 0.565. The van der Waals surface area contributed by atoms with E-state index in [1.165, 1.54) is 11.1 Å². The van der Waals surface area contributed by atoms with Gasteiger partial charge in [-0.2, -0.15) is 5.26 Å². The summed E-state index contributed by atoms with van der Waals surface area (Å²) in [6, 6.07) is 9.79. The van der Waals surface area contributed by atoms with Gasteiger partial charge in [-0.15, -0.1) is 0 Å². The molecule has 152 valence electrons. The van der Waals surface area contributed by atoms with E-state index in [0.29, 0.717) is 36.7 Å². The van der Waals surface area contributed by atoms with Gasteiger partial charge in [0.1, 0.15) is 17.9 Å². The number of ketones is 1. The molecule has 1 aromatic rings. The third kappa shape index (κ3) is 4.12. The van der Waals surface area contributed by atoms with Crippen LogP contribution in [0.3, 0.4) is 0 Å². The van der Waals surface area contributed by atoms with E-state index in [0.717, 1.165) is 32.1 Å². The molecule has 4 atom stereocenters. The number of Topliss-reactive ketones (excluding diaryl/α,β-unsaturated/α-hetero) is 1. The highest BCUT2D eigenvalue weighted by Crippen LogP contribution is 2.30. The second kappa shape index (κ2) is 8.73. The molecule has 3 aliphatic rings. The molecule has 4 rings (SSSR count). The summed E-state index contributed by atoms with van der Waals surface area (Å²) in [7, 11) is 0. The van der Waals surface area contributed by atoms with Crippen LogP contribution in [0.15, 0.2) is 24.3 Å². The Balaban J connectivity index is 1.37. The van der Waals surface area contributed by atoms with Crippen LogP contribution in [0.1, 0.15) is 43.2 Å². The normalized spacial score (nSPS) is 28.8. The number of likely N-dealkylation sites (tertiary alicyclic amines) is 1. The molecule has 5 nitrogen and oxygen atoms in total. The number of nitrogens with zero attached hydrogens (tertiary/aromatic N) is 2. The zero-order valence-electron chi connectivity index (χ0n) is 16.6. The van der Waals surface area contributed by atoms with Crippen LogP contribution in [0.5, 0.6) is 0 Å². The van der Waals surface area contributed by atoms with Gasteiger partial charge in [0, 0.05) is 24.4 Å². The first kappa shape index (κ1) is 20.2. The Morgan fingerprint density at radius 1 is 1.24 bits per heavy atom. The van der Waals surface area contributed by atoms with Crippen molar-refractivity contribution in [1.29, 1.82) is 5.26 Å². The average Bonchev–Trinajstić information content (AvgIpc) is 3.37. The summed E-state index contributed by atoms with van der Waals surface area (Å²) >= 11 is 5.45. The van der Waals surface area contributed by atoms with Crippen molar-refractivity contribution >= 4 is 28.8 Å². The number of thiocarbonyl (C=S) groups is 1. The van der Waals surface area contributed by atoms with Crippen LogP contribution >= 0.6 is 12.2 Å². The number of amides is 1. The van der Waals surface area contributed by atoms with Crippen LogP contribution in [0.25, 0.3) is 0 Å². The van der Waals surface area contributed by atoms with Gasteiger partial charge in [0.25, 0.3) is 0 Å². The van der Waals surface area contributed by atoms with Gasteiger partial charge < -0.3 is 10.2 Å². The number of nitrogens with one attached hydrogen (secondary N) is 1. The molecule has 1 amide bonds. The van der Waals surface area contributed by atoms with Crippen molar-refractivity contribution in [3.05, 3.63) is 35.4 Å². The number of carbonyl (C=O) groups excluding carboxylic acids is 2. The van der Waals surface area contributed by atoms with Crippen molar-refractivity contribution in [3.63, 3.8) is 0 Å². The zero-order valence-corrected chi connectivity index (χ0v) is 17.4. The van der Waals surface area contributed by atoms with Gasteiger partial charge in [-0.1, -0.05) is 36.5 Å². The molecular formula is C23H27N3O2S. The molecule has 1 aromatic carbocycles. The van der Waals surface area contributed by atoms with Crippen molar-refractivity contribution in [2.75, 3.05) is 13.1 Å². The minimum absolute atomic E-state index is 0.0740. The first-order valence-corrected chi connectivity index (χ1v) is 11.0. The van der Waals surface area contributed by atoms with Crippen LogP contribution in [0.2, 0.25) is 0 Å². The molecule has 2 fully saturated rings. The highest BCUT2D eigenvalue weighted by atomic mass is 32.1. The van der Waals surface area contributed by atoms with Crippen molar-refractivity contribution < 1.29 is 9.59 Å². The maximum atomic E-state index is 13.1. The largest absolute Gasteiger partial charge is 0.325 e. The topological polar surface area (TPSA) is 73.2 Å². The molecule has 1 N–H and O–H groups in total. The lowest BCUT2D eigenvalue weighted by atomic mass is 9.80. The van der Waals surface area contributed by atoms with Crippen LogP contribution in [0.4, 0.5) is 0 Å². The molecule has 0 spiro atoms. The van der Waals surface area contributed by atoms with Crippen molar-refractivity contribution in [3.8, 4) is 6.07 Å². The Morgan fingerprint density at radius 3 is 2.83 bits per heavy atom. The van der Waals surface area contributed by atoms with Gasteiger partial charge in [0.15, 0.2) is 0 Å². The average molecular weight is 410 g/mol. The number of hydrogen-bond donors (Lipinski definition) is 1. The highest BCUT2D eigenvalue weighted by Gasteiger charge is 2.44. The molecule has 29 heavy (non-hydrogen) atoms. The van der Waals surface area contributed by atoms with E-state index in [1.807, 2.05) is 0 Å². The lowest BCUT2D eigenvalue weighted by Crippen LogP contribution is -2.49. The molecule has 0 radical (unpaired) electrons. The second-order valence-electron chi connectivity index (χ2n) is 8.50. The van der Waals surface area contributed by atoms with Gasteiger partial charge in [-0.25, -0.2) is 0 Å². The highest BCUT2D eigenvalue weighted by molar-refractivity contribution is 7.80. The maximum absolute atomic E-state index is 13.1. The lowest BCUT2D eigenvalue weighted by Gasteiger charge is -2.27. The Labute approximate surface area is 177 Å². The predicted octanol–water partition coefficient (Wildman–Crippen LogP) is 2.61. The number of benzene rings is 1. The van der Waals surface area contributed by atoms with Crippen molar-refractivity contribution in [2.45, 2.75) is 57.0 Å². The maximum Gasteiger partial charge on any atom is 0.241 e. The molecule has 0 aromatic heterocycles. The van der Waals surface area contributed by atoms with E-state index in [-0.39, 0.29) is 17.7 Å². The summed E-state index contributed by atoms with van der Waals surface area (Å²) in [5.74, 6) is -0.0930. The van der Waals surface area contributed by atoms with E-state index < -0.39 is 12.0 Å². The Bertz CT molecular complexity index is 862. The summed E-state index contributed by atoms with van der Waals surface area (Å²) in [6.07, 6.45) is 6.06. The second-order valence-corrected chi connectivity index (χ2v) is 9.03. The first-order chi connectivity index (χ1) is 14.1. The summed E-state index contributed by atoms with van der Waals surface area (Å²) in [6.45, 7) is 1.01. The smallest absolute Gasteiger partial charge is 0.241 e. The standard InChI is InChI=1S/C23H27N3O2S/c24-13-18-6-3-11-26(18)23(28)22-21(20(29)14-25-22)19(27)10-8-15-7-9-16-4-1-2-5-17(16)12-15/h1-2,4-5,15,18,21-22,25H,3,6-12,14H2/t15-,18+,21?,22+/m1/s1. The molecule has 6 heteroatoms. The molecule has 0 bridgehead atoms. The number of aryl methyl sites for hydroxylation is 1. The van der Waals surface area contributed by atoms with Crippen molar-refractivity contribution in [1.82, 2.24) is 10.2 Å². The van der Waals surface area contributed by atoms with E-state index in [1.54, 1.807) is 4.90 Å². The predicted molar refractivity (Wildman–Crippen MR) is 114 cm³/mol. The Hall–Kier alpha value is -2.10. The van der Waals surface area contributed by atoms with Gasteiger partial charge in [0.2, 0.25) is 5.91 Å². The van der Waals surface area contributed by atoms with Crippen molar-refractivity contribution in [2.24, 2.45) is 11.8 Å². The third-order valence-electron chi connectivity index (χ3n) is 6.72.